The number of H-pyrrole nitrogens is 1. The van der Waals surface area contributed by atoms with E-state index in [1.807, 2.05) is 0 Å². The molecule has 0 bridgehead atoms. The van der Waals surface area contributed by atoms with Crippen molar-refractivity contribution < 1.29 is 23.1 Å². The Morgan fingerprint density at radius 3 is 2.46 bits per heavy atom. The molecule has 0 aliphatic heterocycles. The smallest absolute Gasteiger partial charge is 0.404 e. The van der Waals surface area contributed by atoms with E-state index in [0.29, 0.717) is 36.8 Å². The molecule has 0 saturated heterocycles. The lowest BCUT2D eigenvalue weighted by molar-refractivity contribution is 0.0765. The molecule has 2 amide bonds. The van der Waals surface area contributed by atoms with Gasteiger partial charge in [0.2, 0.25) is 0 Å². The van der Waals surface area contributed by atoms with Crippen molar-refractivity contribution in [1.29, 1.82) is 0 Å². The number of aromatic amines is 1. The zero-order valence-corrected chi connectivity index (χ0v) is 14.6. The molecule has 1 fully saturated rings. The molecule has 1 aromatic heterocycles. The van der Waals surface area contributed by atoms with Crippen LogP contribution in [0.1, 0.15) is 58.8 Å². The lowest BCUT2D eigenvalue weighted by atomic mass is 9.80. The summed E-state index contributed by atoms with van der Waals surface area (Å²) >= 11 is 0. The predicted octanol–water partition coefficient (Wildman–Crippen LogP) is 3.28. The third-order valence-electron chi connectivity index (χ3n) is 5.23. The lowest BCUT2D eigenvalue weighted by Crippen LogP contribution is -2.28. The molecule has 26 heavy (non-hydrogen) atoms. The second-order valence-electron chi connectivity index (χ2n) is 6.83. The van der Waals surface area contributed by atoms with Crippen molar-refractivity contribution in [3.8, 4) is 0 Å². The fraction of sp³-hybridized carbons (Fsp3) is 0.444. The molecule has 1 heterocycles. The van der Waals surface area contributed by atoms with Crippen LogP contribution in [0.3, 0.4) is 0 Å². The number of primary amides is 2. The third kappa shape index (κ3) is 2.89. The number of aryl methyl sites for hydroxylation is 2. The minimum absolute atomic E-state index is 0.196. The number of aromatic nitrogens is 1. The maximum absolute atomic E-state index is 15.0. The number of nitrogens with two attached hydrogens (primary N) is 2. The van der Waals surface area contributed by atoms with Gasteiger partial charge in [0.05, 0.1) is 5.52 Å². The van der Waals surface area contributed by atoms with Crippen LogP contribution in [0.4, 0.5) is 13.6 Å². The van der Waals surface area contributed by atoms with Gasteiger partial charge in [-0.05, 0) is 51.0 Å². The van der Waals surface area contributed by atoms with E-state index in [9.17, 15) is 18.4 Å². The molecule has 140 valence electrons. The number of carbonyl (C=O) groups excluding carboxylic acids is 2. The summed E-state index contributed by atoms with van der Waals surface area (Å²) in [5.74, 6) is -3.71. The standard InChI is InChI=1S/C18H21F2N3O3/c1-7-8(2)23-16-11(7)12(14(19)15(20)13(16)17(21)24)9-4-3-5-10(6-9)26-18(22)25/h9-10,23H,3-6H2,1-2H3,(H2,21,24)(H2,22,25). The number of amides is 2. The summed E-state index contributed by atoms with van der Waals surface area (Å²) in [6.45, 7) is 3.54. The summed E-state index contributed by atoms with van der Waals surface area (Å²) in [7, 11) is 0. The summed E-state index contributed by atoms with van der Waals surface area (Å²) < 4.78 is 34.7. The number of fused-ring (bicyclic) bond motifs is 1. The van der Waals surface area contributed by atoms with Crippen LogP contribution in [0.5, 0.6) is 0 Å². The highest BCUT2D eigenvalue weighted by molar-refractivity contribution is 6.07. The first-order chi connectivity index (χ1) is 12.2. The van der Waals surface area contributed by atoms with Crippen LogP contribution in [0.15, 0.2) is 0 Å². The first-order valence-corrected chi connectivity index (χ1v) is 8.48. The fourth-order valence-corrected chi connectivity index (χ4v) is 3.98. The van der Waals surface area contributed by atoms with E-state index in [4.69, 9.17) is 16.2 Å². The molecule has 6 nitrogen and oxygen atoms in total. The number of carbonyl (C=O) groups is 2. The molecule has 0 spiro atoms. The van der Waals surface area contributed by atoms with Crippen molar-refractivity contribution in [3.63, 3.8) is 0 Å². The van der Waals surface area contributed by atoms with Crippen LogP contribution >= 0.6 is 0 Å². The van der Waals surface area contributed by atoms with Gasteiger partial charge in [0.1, 0.15) is 11.7 Å². The first-order valence-electron chi connectivity index (χ1n) is 8.48. The van der Waals surface area contributed by atoms with Crippen molar-refractivity contribution in [2.24, 2.45) is 11.5 Å². The molecule has 1 aliphatic rings. The topological polar surface area (TPSA) is 111 Å². The molecule has 2 atom stereocenters. The molecule has 1 saturated carbocycles. The molecule has 5 N–H and O–H groups in total. The Kier molecular flexibility index (Phi) is 4.60. The summed E-state index contributed by atoms with van der Waals surface area (Å²) in [6, 6.07) is 0. The molecule has 2 unspecified atom stereocenters. The number of halogens is 2. The number of benzene rings is 1. The Morgan fingerprint density at radius 2 is 1.85 bits per heavy atom. The zero-order chi connectivity index (χ0) is 19.2. The summed E-state index contributed by atoms with van der Waals surface area (Å²) in [6.07, 6.45) is 0.935. The Balaban J connectivity index is 2.20. The van der Waals surface area contributed by atoms with Gasteiger partial charge >= 0.3 is 6.09 Å². The predicted molar refractivity (Wildman–Crippen MR) is 91.9 cm³/mol. The van der Waals surface area contributed by atoms with Gasteiger partial charge in [-0.25, -0.2) is 13.6 Å². The molecule has 8 heteroatoms. The second kappa shape index (κ2) is 6.59. The Labute approximate surface area is 148 Å². The lowest BCUT2D eigenvalue weighted by Gasteiger charge is -2.29. The Hall–Kier alpha value is -2.64. The second-order valence-corrected chi connectivity index (χ2v) is 6.83. The quantitative estimate of drug-likeness (QED) is 0.776. The van der Waals surface area contributed by atoms with Gasteiger partial charge in [-0.1, -0.05) is 0 Å². The van der Waals surface area contributed by atoms with Gasteiger partial charge in [0.15, 0.2) is 11.6 Å². The molecule has 3 rings (SSSR count). The number of hydrogen-bond acceptors (Lipinski definition) is 3. The Morgan fingerprint density at radius 1 is 1.15 bits per heavy atom. The van der Waals surface area contributed by atoms with E-state index in [2.05, 4.69) is 4.98 Å². The SMILES string of the molecule is Cc1[nH]c2c(C(N)=O)c(F)c(F)c(C3CCCC(OC(N)=O)C3)c2c1C. The molecule has 1 aromatic carbocycles. The van der Waals surface area contributed by atoms with Gasteiger partial charge in [-0.2, -0.15) is 0 Å². The van der Waals surface area contributed by atoms with Gasteiger partial charge in [0, 0.05) is 16.6 Å². The molecular formula is C18H21F2N3O3. The first kappa shape index (κ1) is 18.2. The minimum Gasteiger partial charge on any atom is -0.446 e. The van der Waals surface area contributed by atoms with Crippen molar-refractivity contribution in [3.05, 3.63) is 34.0 Å². The minimum atomic E-state index is -1.25. The average Bonchev–Trinajstić information content (AvgIpc) is 2.83. The van der Waals surface area contributed by atoms with Crippen molar-refractivity contribution in [1.82, 2.24) is 4.98 Å². The largest absolute Gasteiger partial charge is 0.446 e. The van der Waals surface area contributed by atoms with Gasteiger partial charge in [0.25, 0.3) is 5.91 Å². The van der Waals surface area contributed by atoms with E-state index >= 15 is 0 Å². The van der Waals surface area contributed by atoms with Crippen molar-refractivity contribution in [2.45, 2.75) is 51.6 Å². The highest BCUT2D eigenvalue weighted by atomic mass is 19.2. The van der Waals surface area contributed by atoms with Crippen molar-refractivity contribution in [2.75, 3.05) is 0 Å². The molecule has 1 aliphatic carbocycles. The van der Waals surface area contributed by atoms with Crippen LogP contribution in [-0.4, -0.2) is 23.1 Å². The van der Waals surface area contributed by atoms with E-state index in [-0.39, 0.29) is 17.0 Å². The number of ether oxygens (including phenoxy) is 1. The monoisotopic (exact) mass is 365 g/mol. The number of hydrogen-bond donors (Lipinski definition) is 3. The molecular weight excluding hydrogens is 344 g/mol. The van der Waals surface area contributed by atoms with Crippen LogP contribution in [0, 0.1) is 25.5 Å². The zero-order valence-electron chi connectivity index (χ0n) is 14.6. The normalized spacial score (nSPS) is 20.3. The van der Waals surface area contributed by atoms with E-state index < -0.39 is 35.3 Å². The summed E-state index contributed by atoms with van der Waals surface area (Å²) in [5.41, 5.74) is 11.7. The van der Waals surface area contributed by atoms with Crippen molar-refractivity contribution >= 4 is 22.9 Å². The maximum atomic E-state index is 15.0. The van der Waals surface area contributed by atoms with Crippen LogP contribution in [-0.2, 0) is 4.74 Å². The van der Waals surface area contributed by atoms with Gasteiger partial charge in [-0.3, -0.25) is 4.79 Å². The average molecular weight is 365 g/mol. The highest BCUT2D eigenvalue weighted by Crippen LogP contribution is 2.42. The van der Waals surface area contributed by atoms with E-state index in [1.165, 1.54) is 0 Å². The third-order valence-corrected chi connectivity index (χ3v) is 5.23. The summed E-state index contributed by atoms with van der Waals surface area (Å²) in [4.78, 5) is 25.7. The number of nitrogens with one attached hydrogen (secondary N) is 1. The van der Waals surface area contributed by atoms with Crippen LogP contribution < -0.4 is 11.5 Å². The number of rotatable bonds is 3. The molecule has 0 radical (unpaired) electrons. The van der Waals surface area contributed by atoms with E-state index in [0.717, 1.165) is 5.56 Å². The fourth-order valence-electron chi connectivity index (χ4n) is 3.98. The highest BCUT2D eigenvalue weighted by Gasteiger charge is 2.33. The molecule has 2 aromatic rings. The van der Waals surface area contributed by atoms with Crippen LogP contribution in [0.2, 0.25) is 0 Å². The van der Waals surface area contributed by atoms with E-state index in [1.54, 1.807) is 13.8 Å². The summed E-state index contributed by atoms with van der Waals surface area (Å²) in [5, 5.41) is 0.472. The maximum Gasteiger partial charge on any atom is 0.404 e. The van der Waals surface area contributed by atoms with Gasteiger partial charge in [-0.15, -0.1) is 0 Å². The van der Waals surface area contributed by atoms with Gasteiger partial charge < -0.3 is 21.2 Å². The Bertz CT molecular complexity index is 907. The van der Waals surface area contributed by atoms with Crippen LogP contribution in [0.25, 0.3) is 10.9 Å².